The second-order valence-corrected chi connectivity index (χ2v) is 13.9. The van der Waals surface area contributed by atoms with Gasteiger partial charge in [-0.25, -0.2) is 0 Å². The topological polar surface area (TPSA) is 20.3 Å². The predicted octanol–water partition coefficient (Wildman–Crippen LogP) is 8.56. The molecule has 9 rings (SSSR count). The Kier molecular flexibility index (Phi) is 4.85. The van der Waals surface area contributed by atoms with Gasteiger partial charge in [0.1, 0.15) is 0 Å². The van der Waals surface area contributed by atoms with Gasteiger partial charge in [0.15, 0.2) is 0 Å². The van der Waals surface area contributed by atoms with Crippen LogP contribution in [0.4, 0.5) is 17.1 Å². The molecular formula is C38H23NOTe. The normalized spacial score (nSPS) is 14.1. The molecule has 2 nitrogen and oxygen atoms in total. The molecule has 0 fully saturated rings. The molecule has 0 saturated heterocycles. The van der Waals surface area contributed by atoms with Crippen molar-refractivity contribution in [1.82, 2.24) is 0 Å². The fourth-order valence-corrected chi connectivity index (χ4v) is 10.4. The summed E-state index contributed by atoms with van der Waals surface area (Å²) in [5.41, 5.74) is 10.6. The molecule has 1 aliphatic carbocycles. The molecule has 0 unspecified atom stereocenters. The van der Waals surface area contributed by atoms with Crippen molar-refractivity contribution in [3.05, 3.63) is 172 Å². The molecule has 192 valence electrons. The van der Waals surface area contributed by atoms with E-state index < -0.39 is 25.8 Å². The maximum absolute atomic E-state index is 14.0. The van der Waals surface area contributed by atoms with Gasteiger partial charge >= 0.3 is 249 Å². The van der Waals surface area contributed by atoms with E-state index in [1.165, 1.54) is 51.6 Å². The summed E-state index contributed by atoms with van der Waals surface area (Å²) in [5, 5.41) is 1.77. The van der Waals surface area contributed by atoms with Gasteiger partial charge in [0.25, 0.3) is 0 Å². The van der Waals surface area contributed by atoms with Gasteiger partial charge in [-0.05, 0) is 0 Å². The molecular weight excluding hydrogens is 614 g/mol. The number of hydrogen-bond acceptors (Lipinski definition) is 2. The zero-order chi connectivity index (χ0) is 27.1. The van der Waals surface area contributed by atoms with Crippen molar-refractivity contribution in [2.24, 2.45) is 0 Å². The van der Waals surface area contributed by atoms with Gasteiger partial charge in [0, 0.05) is 0 Å². The molecule has 0 radical (unpaired) electrons. The molecule has 1 spiro atoms. The first-order chi connectivity index (χ1) is 20.3. The van der Waals surface area contributed by atoms with Crippen molar-refractivity contribution in [1.29, 1.82) is 0 Å². The molecule has 2 aliphatic rings. The molecule has 7 aromatic rings. The summed E-state index contributed by atoms with van der Waals surface area (Å²) in [6.45, 7) is 0. The van der Waals surface area contributed by atoms with Gasteiger partial charge in [0.2, 0.25) is 0 Å². The Morgan fingerprint density at radius 2 is 1.10 bits per heavy atom. The standard InChI is InChI=1S/C38H23NOTe/c40-37-26-15-5-11-21-35(26)41-36-23-27-25-14-4-6-16-29(25)38(32(27)22-28(36)37)30-17-7-9-19-33(30)39(24-12-2-1-3-13-24)34-20-10-8-18-31(34)38/h1-23H. The third-order valence-electron chi connectivity index (χ3n) is 8.85. The van der Waals surface area contributed by atoms with Crippen LogP contribution < -0.4 is 10.3 Å². The molecule has 0 saturated carbocycles. The van der Waals surface area contributed by atoms with Crippen molar-refractivity contribution in [3.8, 4) is 11.1 Å². The fraction of sp³-hybridized carbons (Fsp3) is 0.0263. The number of para-hydroxylation sites is 3. The average molecular weight is 637 g/mol. The van der Waals surface area contributed by atoms with Crippen molar-refractivity contribution in [2.75, 3.05) is 4.90 Å². The van der Waals surface area contributed by atoms with Gasteiger partial charge < -0.3 is 0 Å². The second kappa shape index (κ2) is 8.54. The number of anilines is 3. The van der Waals surface area contributed by atoms with Crippen LogP contribution in [-0.2, 0) is 5.41 Å². The van der Waals surface area contributed by atoms with Crippen LogP contribution in [0.25, 0.3) is 28.7 Å². The first kappa shape index (κ1) is 23.3. The summed E-state index contributed by atoms with van der Waals surface area (Å²) < 4.78 is 2.48. The third kappa shape index (κ3) is 3.00. The number of benzene rings is 6. The van der Waals surface area contributed by atoms with E-state index in [4.69, 9.17) is 0 Å². The molecule has 2 heterocycles. The molecule has 0 amide bonds. The zero-order valence-corrected chi connectivity index (χ0v) is 24.4. The summed E-state index contributed by atoms with van der Waals surface area (Å²) in [6.07, 6.45) is 0. The molecule has 0 N–H and O–H groups in total. The fourth-order valence-electron chi connectivity index (χ4n) is 7.25. The van der Waals surface area contributed by atoms with Crippen molar-refractivity contribution >= 4 is 55.1 Å². The summed E-state index contributed by atoms with van der Waals surface area (Å²) in [5.74, 6) is 0. The van der Waals surface area contributed by atoms with Crippen LogP contribution in [0.15, 0.2) is 144 Å². The SMILES string of the molecule is O=c1c2ccccc2[te]c2cc3c(cc12)C1(c2ccccc2-3)c2ccccc2N(c2ccccc2)c2ccccc21. The first-order valence-electron chi connectivity index (χ1n) is 13.9. The molecule has 3 heteroatoms. The maximum atomic E-state index is 14.0. The minimum atomic E-state index is -0.677. The van der Waals surface area contributed by atoms with Gasteiger partial charge in [-0.1, -0.05) is 0 Å². The van der Waals surface area contributed by atoms with E-state index in [1.807, 2.05) is 12.1 Å². The molecule has 6 aromatic carbocycles. The van der Waals surface area contributed by atoms with E-state index in [2.05, 4.69) is 132 Å². The Labute approximate surface area is 247 Å². The van der Waals surface area contributed by atoms with Crippen LogP contribution in [-0.4, -0.2) is 20.4 Å². The van der Waals surface area contributed by atoms with E-state index in [9.17, 15) is 4.79 Å². The average Bonchev–Trinajstić information content (AvgIpc) is 3.31. The quantitative estimate of drug-likeness (QED) is 0.133. The van der Waals surface area contributed by atoms with Crippen LogP contribution in [0.3, 0.4) is 0 Å². The van der Waals surface area contributed by atoms with Gasteiger partial charge in [-0.15, -0.1) is 0 Å². The predicted molar refractivity (Wildman–Crippen MR) is 170 cm³/mol. The first-order valence-corrected chi connectivity index (χ1v) is 16.2. The Balaban J connectivity index is 1.47. The van der Waals surface area contributed by atoms with E-state index in [0.29, 0.717) is 0 Å². The van der Waals surface area contributed by atoms with Gasteiger partial charge in [-0.2, -0.15) is 0 Å². The Morgan fingerprint density at radius 3 is 1.85 bits per heavy atom. The summed E-state index contributed by atoms with van der Waals surface area (Å²) in [4.78, 5) is 16.4. The molecule has 0 atom stereocenters. The molecule has 1 aliphatic heterocycles. The summed E-state index contributed by atoms with van der Waals surface area (Å²) >= 11 is -0.677. The minimum absolute atomic E-state index is 0.157. The van der Waals surface area contributed by atoms with Crippen LogP contribution in [0.2, 0.25) is 0 Å². The second-order valence-electron chi connectivity index (χ2n) is 10.8. The van der Waals surface area contributed by atoms with E-state index in [-0.39, 0.29) is 5.43 Å². The number of hydrogen-bond donors (Lipinski definition) is 0. The van der Waals surface area contributed by atoms with Crippen molar-refractivity contribution in [2.45, 2.75) is 5.41 Å². The number of rotatable bonds is 1. The molecule has 0 bridgehead atoms. The summed E-state index contributed by atoms with van der Waals surface area (Å²) in [7, 11) is 0. The zero-order valence-electron chi connectivity index (χ0n) is 22.0. The summed E-state index contributed by atoms with van der Waals surface area (Å²) in [6, 6.07) is 50.0. The Morgan fingerprint density at radius 1 is 0.488 bits per heavy atom. The molecule has 41 heavy (non-hydrogen) atoms. The number of nitrogens with zero attached hydrogens (tertiary/aromatic N) is 1. The van der Waals surface area contributed by atoms with Gasteiger partial charge in [-0.3, -0.25) is 0 Å². The van der Waals surface area contributed by atoms with Crippen LogP contribution in [0.5, 0.6) is 0 Å². The van der Waals surface area contributed by atoms with E-state index in [0.717, 1.165) is 16.5 Å². The van der Waals surface area contributed by atoms with Crippen molar-refractivity contribution < 1.29 is 0 Å². The van der Waals surface area contributed by atoms with Crippen LogP contribution >= 0.6 is 0 Å². The van der Waals surface area contributed by atoms with Crippen molar-refractivity contribution in [3.63, 3.8) is 0 Å². The van der Waals surface area contributed by atoms with Crippen LogP contribution in [0.1, 0.15) is 22.3 Å². The van der Waals surface area contributed by atoms with Crippen LogP contribution in [0, 0.1) is 0 Å². The van der Waals surface area contributed by atoms with E-state index in [1.54, 1.807) is 0 Å². The third-order valence-corrected chi connectivity index (χ3v) is 12.1. The monoisotopic (exact) mass is 639 g/mol. The number of fused-ring (bicyclic) bond motifs is 11. The van der Waals surface area contributed by atoms with Gasteiger partial charge in [0.05, 0.1) is 0 Å². The Bertz CT molecular complexity index is 2200. The Hall–Kier alpha value is -4.42. The van der Waals surface area contributed by atoms with E-state index >= 15 is 0 Å². The molecule has 1 aromatic heterocycles.